The van der Waals surface area contributed by atoms with Crippen molar-refractivity contribution in [2.45, 2.75) is 97.9 Å². The molecule has 4 aliphatic carbocycles. The van der Waals surface area contributed by atoms with Crippen LogP contribution in [0.4, 0.5) is 0 Å². The molecule has 0 aromatic carbocycles. The maximum atomic E-state index is 13.5. The molecule has 4 aliphatic rings. The molecule has 0 bridgehead atoms. The van der Waals surface area contributed by atoms with E-state index in [4.69, 9.17) is 0 Å². The van der Waals surface area contributed by atoms with E-state index < -0.39 is 18.3 Å². The van der Waals surface area contributed by atoms with Gasteiger partial charge in [0.15, 0.2) is 5.78 Å². The summed E-state index contributed by atoms with van der Waals surface area (Å²) in [5.41, 5.74) is 1.69. The molecule has 3 saturated carbocycles. The molecule has 0 aromatic rings. The summed E-state index contributed by atoms with van der Waals surface area (Å²) in [5.74, 6) is 0.343. The fraction of sp³-hybridized carbons (Fsp3) is 0.828. The van der Waals surface area contributed by atoms with Crippen molar-refractivity contribution in [2.24, 2.45) is 46.3 Å². The van der Waals surface area contributed by atoms with Crippen molar-refractivity contribution in [1.82, 2.24) is 0 Å². The molecule has 0 heterocycles. The molecule has 3 fully saturated rings. The molecule has 0 aliphatic heterocycles. The van der Waals surface area contributed by atoms with Crippen LogP contribution >= 0.6 is 0 Å². The highest BCUT2D eigenvalue weighted by molar-refractivity contribution is 5.94. The van der Waals surface area contributed by atoms with E-state index in [2.05, 4.69) is 34.6 Å². The Balaban J connectivity index is 1.61. The first kappa shape index (κ1) is 26.1. The lowest BCUT2D eigenvalue weighted by Gasteiger charge is -2.59. The lowest BCUT2D eigenvalue weighted by atomic mass is 9.45. The topological polar surface area (TPSA) is 98.0 Å². The summed E-state index contributed by atoms with van der Waals surface area (Å²) in [6.45, 7) is 11.0. The molecule has 0 saturated heterocycles. The van der Waals surface area contributed by atoms with Gasteiger partial charge in [-0.05, 0) is 79.6 Å². The summed E-state index contributed by atoms with van der Waals surface area (Å²) >= 11 is 0. The normalized spacial score (nSPS) is 45.5. The van der Waals surface area contributed by atoms with Gasteiger partial charge in [-0.15, -0.1) is 0 Å². The molecule has 10 atom stereocenters. The van der Waals surface area contributed by atoms with Gasteiger partial charge in [-0.2, -0.15) is 0 Å². The van der Waals surface area contributed by atoms with E-state index in [1.807, 2.05) is 6.08 Å². The first-order chi connectivity index (χ1) is 15.9. The Labute approximate surface area is 205 Å². The number of hydrogen-bond acceptors (Lipinski definition) is 5. The van der Waals surface area contributed by atoms with Crippen molar-refractivity contribution < 1.29 is 25.2 Å². The van der Waals surface area contributed by atoms with Crippen LogP contribution in [-0.2, 0) is 4.79 Å². The fourth-order valence-electron chi connectivity index (χ4n) is 8.82. The van der Waals surface area contributed by atoms with Gasteiger partial charge in [0, 0.05) is 17.8 Å². The zero-order valence-electron chi connectivity index (χ0n) is 21.7. The Morgan fingerprint density at radius 3 is 2.50 bits per heavy atom. The van der Waals surface area contributed by atoms with Gasteiger partial charge in [-0.3, -0.25) is 4.79 Å². The summed E-state index contributed by atoms with van der Waals surface area (Å²) < 4.78 is 0. The SMILES string of the molecule is CC(C)C(=CCO)CC[C@@H](C)[C@H]1C[C@@H](O)[C@H]2[C@H]3C(=O)C=C4C[C@@H](O)CC[C@]4(C)[C@H]3[C@H](O)C[C@@]21C. The number of fused-ring (bicyclic) bond motifs is 5. The lowest BCUT2D eigenvalue weighted by molar-refractivity contribution is -0.161. The second kappa shape index (κ2) is 9.46. The van der Waals surface area contributed by atoms with Crippen LogP contribution in [0.25, 0.3) is 0 Å². The van der Waals surface area contributed by atoms with Crippen LogP contribution in [0.15, 0.2) is 23.3 Å². The molecule has 0 unspecified atom stereocenters. The maximum absolute atomic E-state index is 13.5. The van der Waals surface area contributed by atoms with Crippen LogP contribution in [-0.4, -0.2) is 51.1 Å². The van der Waals surface area contributed by atoms with E-state index in [0.29, 0.717) is 37.5 Å². The van der Waals surface area contributed by atoms with Gasteiger partial charge in [0.25, 0.3) is 0 Å². The van der Waals surface area contributed by atoms with Crippen LogP contribution in [0.3, 0.4) is 0 Å². The van der Waals surface area contributed by atoms with Gasteiger partial charge in [0.05, 0.1) is 24.9 Å². The Morgan fingerprint density at radius 1 is 1.15 bits per heavy atom. The van der Waals surface area contributed by atoms with Crippen molar-refractivity contribution in [3.8, 4) is 0 Å². The smallest absolute Gasteiger partial charge is 0.159 e. The Morgan fingerprint density at radius 2 is 1.85 bits per heavy atom. The monoisotopic (exact) mass is 474 g/mol. The van der Waals surface area contributed by atoms with Crippen molar-refractivity contribution in [3.63, 3.8) is 0 Å². The number of hydrogen-bond donors (Lipinski definition) is 4. The number of allylic oxidation sites excluding steroid dienone is 2. The molecule has 0 radical (unpaired) electrons. The minimum absolute atomic E-state index is 0.0434. The summed E-state index contributed by atoms with van der Waals surface area (Å²) in [5, 5.41) is 42.6. The second-order valence-electron chi connectivity index (χ2n) is 12.8. The summed E-state index contributed by atoms with van der Waals surface area (Å²) in [6.07, 6.45) is 7.34. The summed E-state index contributed by atoms with van der Waals surface area (Å²) in [7, 11) is 0. The van der Waals surface area contributed by atoms with E-state index >= 15 is 0 Å². The molecular formula is C29H46O5. The first-order valence-electron chi connectivity index (χ1n) is 13.5. The Hall–Kier alpha value is -1.01. The molecule has 0 spiro atoms. The second-order valence-corrected chi connectivity index (χ2v) is 12.8. The van der Waals surface area contributed by atoms with Crippen molar-refractivity contribution in [2.75, 3.05) is 6.61 Å². The number of aliphatic hydroxyl groups is 4. The molecular weight excluding hydrogens is 428 g/mol. The van der Waals surface area contributed by atoms with Crippen LogP contribution in [0.2, 0.25) is 0 Å². The third-order valence-corrected chi connectivity index (χ3v) is 10.6. The molecule has 34 heavy (non-hydrogen) atoms. The minimum atomic E-state index is -0.584. The molecule has 0 amide bonds. The van der Waals surface area contributed by atoms with E-state index in [1.165, 1.54) is 5.57 Å². The minimum Gasteiger partial charge on any atom is -0.393 e. The predicted octanol–water partition coefficient (Wildman–Crippen LogP) is 4.04. The zero-order valence-corrected chi connectivity index (χ0v) is 21.7. The van der Waals surface area contributed by atoms with Gasteiger partial charge in [-0.1, -0.05) is 51.8 Å². The molecule has 0 aromatic heterocycles. The van der Waals surface area contributed by atoms with Gasteiger partial charge in [0.1, 0.15) is 0 Å². The van der Waals surface area contributed by atoms with Gasteiger partial charge >= 0.3 is 0 Å². The summed E-state index contributed by atoms with van der Waals surface area (Å²) in [4.78, 5) is 13.5. The van der Waals surface area contributed by atoms with Crippen LogP contribution in [0, 0.1) is 46.3 Å². The molecule has 192 valence electrons. The predicted molar refractivity (Wildman–Crippen MR) is 133 cm³/mol. The third kappa shape index (κ3) is 4.15. The average molecular weight is 475 g/mol. The Kier molecular flexibility index (Phi) is 7.25. The lowest BCUT2D eigenvalue weighted by Crippen LogP contribution is -2.60. The number of carbonyl (C=O) groups excluding carboxylic acids is 1. The maximum Gasteiger partial charge on any atom is 0.159 e. The Bertz CT molecular complexity index is 845. The third-order valence-electron chi connectivity index (χ3n) is 10.6. The average Bonchev–Trinajstić information content (AvgIpc) is 3.01. The fourth-order valence-corrected chi connectivity index (χ4v) is 8.82. The van der Waals surface area contributed by atoms with Gasteiger partial charge in [-0.25, -0.2) is 0 Å². The number of carbonyl (C=O) groups is 1. The standard InChI is InChI=1S/C29H46O5/c1-16(2)18(9-11-30)7-6-17(3)21-14-23(33)26-25-22(32)13-19-12-20(31)8-10-28(19,4)27(25)24(34)15-29(21,26)5/h9,13,16-17,20-21,23-27,30-31,33-34H,6-8,10-12,14-15H2,1-5H3/t17-,20+,21-,23-,24-,25-,26+,27+,28+,29-/m1/s1. The largest absolute Gasteiger partial charge is 0.393 e. The van der Waals surface area contributed by atoms with Crippen molar-refractivity contribution >= 4 is 5.78 Å². The van der Waals surface area contributed by atoms with E-state index in [1.54, 1.807) is 6.08 Å². The first-order valence-corrected chi connectivity index (χ1v) is 13.5. The van der Waals surface area contributed by atoms with Crippen LogP contribution in [0.1, 0.15) is 79.6 Å². The number of ketones is 1. The molecule has 4 rings (SSSR count). The number of aliphatic hydroxyl groups excluding tert-OH is 4. The van der Waals surface area contributed by atoms with Crippen molar-refractivity contribution in [3.05, 3.63) is 23.3 Å². The van der Waals surface area contributed by atoms with E-state index in [-0.39, 0.29) is 46.9 Å². The highest BCUT2D eigenvalue weighted by atomic mass is 16.3. The molecule has 5 nitrogen and oxygen atoms in total. The van der Waals surface area contributed by atoms with Crippen LogP contribution < -0.4 is 0 Å². The van der Waals surface area contributed by atoms with Gasteiger partial charge < -0.3 is 20.4 Å². The van der Waals surface area contributed by atoms with E-state index in [9.17, 15) is 25.2 Å². The van der Waals surface area contributed by atoms with Crippen molar-refractivity contribution in [1.29, 1.82) is 0 Å². The van der Waals surface area contributed by atoms with Gasteiger partial charge in [0.2, 0.25) is 0 Å². The highest BCUT2D eigenvalue weighted by Crippen LogP contribution is 2.66. The highest BCUT2D eigenvalue weighted by Gasteiger charge is 2.66. The zero-order chi connectivity index (χ0) is 25.0. The quantitative estimate of drug-likeness (QED) is 0.436. The molecule has 4 N–H and O–H groups in total. The molecule has 5 heteroatoms. The van der Waals surface area contributed by atoms with E-state index in [0.717, 1.165) is 24.8 Å². The summed E-state index contributed by atoms with van der Waals surface area (Å²) in [6, 6.07) is 0. The van der Waals surface area contributed by atoms with Crippen LogP contribution in [0.5, 0.6) is 0 Å². The number of rotatable bonds is 6.